The lowest BCUT2D eigenvalue weighted by atomic mass is 9.75. The molecular weight excluding hydrogens is 941 g/mol. The molecule has 7 aromatic carbocycles. The maximum Gasteiger partial charge on any atom is 0.494 e. The van der Waals surface area contributed by atoms with E-state index in [0.717, 1.165) is 61.1 Å². The molecule has 0 atom stereocenters. The van der Waals surface area contributed by atoms with Gasteiger partial charge in [0.15, 0.2) is 46.0 Å². The van der Waals surface area contributed by atoms with Crippen LogP contribution >= 0.6 is 0 Å². The highest BCUT2D eigenvalue weighted by Crippen LogP contribution is 2.49. The molecule has 8 N–H and O–H groups in total. The van der Waals surface area contributed by atoms with E-state index in [1.54, 1.807) is 13.8 Å². The first-order valence-corrected chi connectivity index (χ1v) is 24.4. The Hall–Kier alpha value is -8.65. The SMILES string of the molecule is Bc1c(O)c(O)c(-c2cnc(-c3ccc(-c4ccccc4-c4cc(B5OC(C)(C)C(C)(C)O5)cc(-c5ccccc5-c5ccc(-c6cc(C)c(-c7c(O)c(O)c(B)c(O)c7O)cn6)cc5)c4)cc3)cc2C)c(O)c1O. The average molecular weight is 995 g/mol. The van der Waals surface area contributed by atoms with Crippen molar-refractivity contribution in [2.24, 2.45) is 0 Å². The molecule has 15 heteroatoms. The summed E-state index contributed by atoms with van der Waals surface area (Å²) in [5.74, 6) is -4.23. The highest BCUT2D eigenvalue weighted by molar-refractivity contribution is 6.62. The maximum absolute atomic E-state index is 10.8. The number of nitrogens with zero attached hydrogens (tertiary/aromatic N) is 2. The van der Waals surface area contributed by atoms with E-state index in [9.17, 15) is 40.9 Å². The molecular formula is C60H53B3N2O10. The molecule has 10 rings (SSSR count). The minimum atomic E-state index is -0.651. The number of aryl methyl sites for hydroxylation is 2. The van der Waals surface area contributed by atoms with Gasteiger partial charge < -0.3 is 50.2 Å². The third-order valence-corrected chi connectivity index (χ3v) is 15.0. The van der Waals surface area contributed by atoms with Crippen molar-refractivity contribution in [3.05, 3.63) is 151 Å². The van der Waals surface area contributed by atoms with Gasteiger partial charge in [0.05, 0.1) is 33.7 Å². The predicted molar refractivity (Wildman–Crippen MR) is 300 cm³/mol. The van der Waals surface area contributed by atoms with Gasteiger partial charge in [0.2, 0.25) is 0 Å². The number of hydrogen-bond acceptors (Lipinski definition) is 12. The van der Waals surface area contributed by atoms with Gasteiger partial charge >= 0.3 is 7.12 Å². The second-order valence-electron chi connectivity index (χ2n) is 20.2. The van der Waals surface area contributed by atoms with Gasteiger partial charge in [0.1, 0.15) is 15.7 Å². The van der Waals surface area contributed by atoms with Crippen LogP contribution < -0.4 is 16.4 Å². The molecule has 0 saturated carbocycles. The third kappa shape index (κ3) is 8.63. The van der Waals surface area contributed by atoms with Gasteiger partial charge in [-0.1, -0.05) is 109 Å². The maximum atomic E-state index is 10.8. The summed E-state index contributed by atoms with van der Waals surface area (Å²) in [4.78, 5) is 9.32. The van der Waals surface area contributed by atoms with Crippen molar-refractivity contribution in [2.75, 3.05) is 0 Å². The van der Waals surface area contributed by atoms with Gasteiger partial charge in [-0.25, -0.2) is 0 Å². The molecule has 0 spiro atoms. The fourth-order valence-corrected chi connectivity index (χ4v) is 9.79. The van der Waals surface area contributed by atoms with Crippen LogP contribution in [0.1, 0.15) is 38.8 Å². The van der Waals surface area contributed by atoms with Crippen LogP contribution in [0.5, 0.6) is 46.0 Å². The van der Waals surface area contributed by atoms with Gasteiger partial charge in [-0.3, -0.25) is 9.97 Å². The Morgan fingerprint density at radius 1 is 0.387 bits per heavy atom. The van der Waals surface area contributed by atoms with Crippen molar-refractivity contribution in [3.63, 3.8) is 0 Å². The molecule has 1 saturated heterocycles. The van der Waals surface area contributed by atoms with Gasteiger partial charge in [-0.15, -0.1) is 0 Å². The fourth-order valence-electron chi connectivity index (χ4n) is 9.79. The number of benzene rings is 7. The summed E-state index contributed by atoms with van der Waals surface area (Å²) in [6.07, 6.45) is 3.01. The molecule has 1 aliphatic rings. The highest BCUT2D eigenvalue weighted by atomic mass is 16.7. The number of rotatable bonds is 9. The number of phenols is 8. The summed E-state index contributed by atoms with van der Waals surface area (Å²) in [5, 5.41) is 84.8. The largest absolute Gasteiger partial charge is 0.505 e. The summed E-state index contributed by atoms with van der Waals surface area (Å²) in [5.41, 5.74) is 12.2. The summed E-state index contributed by atoms with van der Waals surface area (Å²) < 4.78 is 13.4. The van der Waals surface area contributed by atoms with Crippen molar-refractivity contribution in [2.45, 2.75) is 52.7 Å². The van der Waals surface area contributed by atoms with E-state index in [0.29, 0.717) is 33.6 Å². The molecule has 372 valence electrons. The first-order valence-electron chi connectivity index (χ1n) is 24.4. The Morgan fingerprint density at radius 2 is 0.693 bits per heavy atom. The number of pyridine rings is 2. The van der Waals surface area contributed by atoms with Crippen LogP contribution in [-0.4, -0.2) is 84.8 Å². The van der Waals surface area contributed by atoms with Gasteiger partial charge in [-0.2, -0.15) is 0 Å². The molecule has 12 nitrogen and oxygen atoms in total. The van der Waals surface area contributed by atoms with Crippen molar-refractivity contribution in [3.8, 4) is 135 Å². The first-order chi connectivity index (χ1) is 35.6. The second-order valence-corrected chi connectivity index (χ2v) is 20.2. The van der Waals surface area contributed by atoms with Crippen molar-refractivity contribution in [1.82, 2.24) is 9.97 Å². The highest BCUT2D eigenvalue weighted by Gasteiger charge is 2.52. The Bertz CT molecular complexity index is 3470. The van der Waals surface area contributed by atoms with Gasteiger partial charge in [-0.05, 0) is 121 Å². The Balaban J connectivity index is 1.00. The minimum Gasteiger partial charge on any atom is -0.505 e. The van der Waals surface area contributed by atoms with Crippen LogP contribution in [0.4, 0.5) is 0 Å². The van der Waals surface area contributed by atoms with Crippen molar-refractivity contribution < 1.29 is 50.2 Å². The number of aromatic hydroxyl groups is 8. The lowest BCUT2D eigenvalue weighted by molar-refractivity contribution is 0.00578. The van der Waals surface area contributed by atoms with Gasteiger partial charge in [0, 0.05) is 45.6 Å². The van der Waals surface area contributed by atoms with E-state index in [1.165, 1.54) is 28.1 Å². The lowest BCUT2D eigenvalue weighted by Crippen LogP contribution is -2.41. The van der Waals surface area contributed by atoms with Gasteiger partial charge in [0.25, 0.3) is 0 Å². The molecule has 0 aliphatic carbocycles. The smallest absolute Gasteiger partial charge is 0.494 e. The molecule has 9 aromatic rings. The Kier molecular flexibility index (Phi) is 12.4. The monoisotopic (exact) mass is 994 g/mol. The summed E-state index contributed by atoms with van der Waals surface area (Å²) in [6, 6.07) is 42.8. The Labute approximate surface area is 436 Å². The minimum absolute atomic E-state index is 0.0320. The van der Waals surface area contributed by atoms with E-state index in [4.69, 9.17) is 9.31 Å². The normalized spacial score (nSPS) is 13.8. The van der Waals surface area contributed by atoms with Crippen LogP contribution in [-0.2, 0) is 9.31 Å². The molecule has 1 fully saturated rings. The summed E-state index contributed by atoms with van der Waals surface area (Å²) >= 11 is 0. The standard InChI is InChI=1S/C60H53B3N2O10/c1-30-23-45(64-28-43(30)47-51(66)55(70)49(61)56(71)52(47)67)34-19-15-32(16-20-34)39-11-7-9-13-41(39)36-25-37(27-38(26-36)63-74-59(3,4)60(5,6)75-63)42-14-10-8-12-40(42)33-17-21-35(22-18-33)46-24-31(2)44(29-65-46)48-53(68)57(72)50(62)58(73)54(48)69/h7-29,66-73H,61-62H2,1-6H3. The van der Waals surface area contributed by atoms with E-state index in [-0.39, 0.29) is 22.1 Å². The Morgan fingerprint density at radius 3 is 1.01 bits per heavy atom. The first kappa shape index (κ1) is 49.9. The zero-order chi connectivity index (χ0) is 53.4. The zero-order valence-corrected chi connectivity index (χ0v) is 42.6. The van der Waals surface area contributed by atoms with E-state index in [2.05, 4.69) is 52.4 Å². The fraction of sp³-hybridized carbons (Fsp3) is 0.133. The average Bonchev–Trinajstić information content (AvgIpc) is 3.64. The lowest BCUT2D eigenvalue weighted by Gasteiger charge is -2.32. The quantitative estimate of drug-likeness (QED) is 0.0388. The molecule has 0 bridgehead atoms. The van der Waals surface area contributed by atoms with Crippen molar-refractivity contribution >= 4 is 39.2 Å². The van der Waals surface area contributed by atoms with E-state index < -0.39 is 64.3 Å². The molecule has 0 radical (unpaired) electrons. The van der Waals surface area contributed by atoms with Crippen LogP contribution in [0, 0.1) is 13.8 Å². The van der Waals surface area contributed by atoms with Crippen LogP contribution in [0.2, 0.25) is 0 Å². The second kappa shape index (κ2) is 18.7. The third-order valence-electron chi connectivity index (χ3n) is 15.0. The molecule has 75 heavy (non-hydrogen) atoms. The number of aromatic nitrogens is 2. The zero-order valence-electron chi connectivity index (χ0n) is 42.6. The van der Waals surface area contributed by atoms with Crippen LogP contribution in [0.25, 0.3) is 89.3 Å². The molecule has 0 amide bonds. The topological polar surface area (TPSA) is 206 Å². The summed E-state index contributed by atoms with van der Waals surface area (Å²) in [7, 11) is 2.14. The number of phenolic OH excluding ortho intramolecular Hbond substituents is 8. The van der Waals surface area contributed by atoms with E-state index in [1.807, 2.05) is 113 Å². The molecule has 3 heterocycles. The molecule has 2 aromatic heterocycles. The van der Waals surface area contributed by atoms with E-state index >= 15 is 0 Å². The molecule has 0 unspecified atom stereocenters. The number of hydrogen-bond donors (Lipinski definition) is 8. The summed E-state index contributed by atoms with van der Waals surface area (Å²) in [6.45, 7) is 11.8. The molecule has 1 aliphatic heterocycles. The van der Waals surface area contributed by atoms with Crippen LogP contribution in [0.15, 0.2) is 140 Å². The predicted octanol–water partition coefficient (Wildman–Crippen LogP) is 8.89. The van der Waals surface area contributed by atoms with Crippen LogP contribution in [0.3, 0.4) is 0 Å². The van der Waals surface area contributed by atoms with Crippen molar-refractivity contribution in [1.29, 1.82) is 0 Å².